The SMILES string of the molecule is O=C1[C@@H](Oc2ccc(C3CC3)cc2)CCN1c1ccc(OCCN2CCC[C@H]2CO)c(Cl)c1. The molecule has 2 aromatic carbocycles. The quantitative estimate of drug-likeness (QED) is 0.594. The Morgan fingerprint density at radius 2 is 1.85 bits per heavy atom. The molecule has 1 saturated carbocycles. The molecule has 2 heterocycles. The molecule has 7 heteroatoms. The maximum atomic E-state index is 13.0. The molecule has 1 aliphatic carbocycles. The van der Waals surface area contributed by atoms with Gasteiger partial charge in [-0.25, -0.2) is 0 Å². The number of rotatable bonds is 9. The lowest BCUT2D eigenvalue weighted by atomic mass is 10.1. The van der Waals surface area contributed by atoms with Crippen LogP contribution in [0.3, 0.4) is 0 Å². The van der Waals surface area contributed by atoms with Crippen molar-refractivity contribution in [3.05, 3.63) is 53.1 Å². The van der Waals surface area contributed by atoms with Crippen molar-refractivity contribution in [2.24, 2.45) is 0 Å². The Labute approximate surface area is 200 Å². The van der Waals surface area contributed by atoms with E-state index in [-0.39, 0.29) is 18.6 Å². The molecule has 6 nitrogen and oxygen atoms in total. The zero-order valence-corrected chi connectivity index (χ0v) is 19.5. The van der Waals surface area contributed by atoms with Crippen molar-refractivity contribution in [1.29, 1.82) is 0 Å². The molecule has 2 atom stereocenters. The van der Waals surface area contributed by atoms with Gasteiger partial charge in [-0.05, 0) is 74.0 Å². The molecular weight excluding hydrogens is 440 g/mol. The second-order valence-corrected chi connectivity index (χ2v) is 9.61. The van der Waals surface area contributed by atoms with Gasteiger partial charge in [0.1, 0.15) is 18.1 Å². The number of ether oxygens (including phenoxy) is 2. The first-order chi connectivity index (χ1) is 16.1. The normalized spacial score (nSPS) is 23.3. The van der Waals surface area contributed by atoms with E-state index in [1.807, 2.05) is 24.3 Å². The predicted octanol–water partition coefficient (Wildman–Crippen LogP) is 4.24. The van der Waals surface area contributed by atoms with Crippen molar-refractivity contribution in [1.82, 2.24) is 4.90 Å². The average Bonchev–Trinajstić information content (AvgIpc) is 3.48. The Hall–Kier alpha value is -2.28. The van der Waals surface area contributed by atoms with E-state index in [0.717, 1.165) is 37.4 Å². The summed E-state index contributed by atoms with van der Waals surface area (Å²) in [4.78, 5) is 17.0. The summed E-state index contributed by atoms with van der Waals surface area (Å²) in [7, 11) is 0. The number of aliphatic hydroxyl groups is 1. The summed E-state index contributed by atoms with van der Waals surface area (Å²) in [5.74, 6) is 2.00. The Morgan fingerprint density at radius 3 is 2.58 bits per heavy atom. The van der Waals surface area contributed by atoms with Gasteiger partial charge in [-0.3, -0.25) is 9.69 Å². The van der Waals surface area contributed by atoms with Crippen LogP contribution in [0.25, 0.3) is 0 Å². The number of carbonyl (C=O) groups is 1. The van der Waals surface area contributed by atoms with Crippen LogP contribution in [0.15, 0.2) is 42.5 Å². The fourth-order valence-electron chi connectivity index (χ4n) is 4.86. The summed E-state index contributed by atoms with van der Waals surface area (Å²) >= 11 is 6.47. The molecule has 5 rings (SSSR count). The highest BCUT2D eigenvalue weighted by molar-refractivity contribution is 6.32. The summed E-state index contributed by atoms with van der Waals surface area (Å²) in [6.07, 6.45) is 4.84. The van der Waals surface area contributed by atoms with E-state index >= 15 is 0 Å². The lowest BCUT2D eigenvalue weighted by Crippen LogP contribution is -2.35. The summed E-state index contributed by atoms with van der Waals surface area (Å²) in [5, 5.41) is 9.93. The number of hydrogen-bond donors (Lipinski definition) is 1. The standard InChI is InChI=1S/C26H31ClN2O4/c27-23-16-20(7-10-24(23)32-15-14-28-12-1-2-21(28)17-30)29-13-11-25(26(29)31)33-22-8-5-19(6-9-22)18-3-4-18/h5-10,16,18,21,25,30H,1-4,11-15,17H2/t21-,25-/m0/s1. The number of anilines is 1. The van der Waals surface area contributed by atoms with Gasteiger partial charge in [-0.1, -0.05) is 23.7 Å². The van der Waals surface area contributed by atoms with E-state index in [0.29, 0.717) is 36.3 Å². The number of aliphatic hydroxyl groups excluding tert-OH is 1. The summed E-state index contributed by atoms with van der Waals surface area (Å²) in [6, 6.07) is 13.9. The van der Waals surface area contributed by atoms with Crippen LogP contribution in [0.1, 0.15) is 43.6 Å². The minimum Gasteiger partial charge on any atom is -0.491 e. The Bertz CT molecular complexity index is 979. The first-order valence-electron chi connectivity index (χ1n) is 12.0. The van der Waals surface area contributed by atoms with E-state index in [4.69, 9.17) is 21.1 Å². The molecule has 1 N–H and O–H groups in total. The highest BCUT2D eigenvalue weighted by atomic mass is 35.5. The maximum Gasteiger partial charge on any atom is 0.268 e. The van der Waals surface area contributed by atoms with Gasteiger partial charge < -0.3 is 19.5 Å². The molecule has 3 aliphatic rings. The smallest absolute Gasteiger partial charge is 0.268 e. The van der Waals surface area contributed by atoms with Crippen LogP contribution in [-0.4, -0.2) is 60.9 Å². The first-order valence-corrected chi connectivity index (χ1v) is 12.4. The van der Waals surface area contributed by atoms with Gasteiger partial charge in [-0.2, -0.15) is 0 Å². The zero-order chi connectivity index (χ0) is 22.8. The van der Waals surface area contributed by atoms with E-state index in [9.17, 15) is 9.90 Å². The molecule has 176 valence electrons. The molecule has 0 spiro atoms. The van der Waals surface area contributed by atoms with Crippen LogP contribution in [-0.2, 0) is 4.79 Å². The maximum absolute atomic E-state index is 13.0. The summed E-state index contributed by atoms with van der Waals surface area (Å²) in [6.45, 7) is 3.04. The predicted molar refractivity (Wildman–Crippen MR) is 128 cm³/mol. The van der Waals surface area contributed by atoms with Crippen LogP contribution in [0.2, 0.25) is 5.02 Å². The van der Waals surface area contributed by atoms with Crippen LogP contribution < -0.4 is 14.4 Å². The number of halogens is 1. The zero-order valence-electron chi connectivity index (χ0n) is 18.8. The van der Waals surface area contributed by atoms with Crippen molar-refractivity contribution in [2.45, 2.75) is 50.2 Å². The van der Waals surface area contributed by atoms with Crippen molar-refractivity contribution in [3.63, 3.8) is 0 Å². The third-order valence-electron chi connectivity index (χ3n) is 6.94. The summed E-state index contributed by atoms with van der Waals surface area (Å²) in [5.41, 5.74) is 2.11. The number of carbonyl (C=O) groups excluding carboxylic acids is 1. The molecular formula is C26H31ClN2O4. The van der Waals surface area contributed by atoms with Gasteiger partial charge in [-0.15, -0.1) is 0 Å². The summed E-state index contributed by atoms with van der Waals surface area (Å²) < 4.78 is 11.9. The van der Waals surface area contributed by atoms with Crippen molar-refractivity contribution in [3.8, 4) is 11.5 Å². The fraction of sp³-hybridized carbons (Fsp3) is 0.500. The van der Waals surface area contributed by atoms with Gasteiger partial charge in [0.25, 0.3) is 5.91 Å². The third-order valence-corrected chi connectivity index (χ3v) is 7.23. The number of benzene rings is 2. The molecule has 33 heavy (non-hydrogen) atoms. The van der Waals surface area contributed by atoms with Gasteiger partial charge >= 0.3 is 0 Å². The third kappa shape index (κ3) is 5.13. The van der Waals surface area contributed by atoms with Crippen molar-refractivity contribution >= 4 is 23.2 Å². The molecule has 2 saturated heterocycles. The van der Waals surface area contributed by atoms with E-state index in [1.165, 1.54) is 18.4 Å². The Morgan fingerprint density at radius 1 is 1.03 bits per heavy atom. The Balaban J connectivity index is 1.15. The van der Waals surface area contributed by atoms with Crippen LogP contribution in [0.4, 0.5) is 5.69 Å². The van der Waals surface area contributed by atoms with Gasteiger partial charge in [0.2, 0.25) is 0 Å². The van der Waals surface area contributed by atoms with E-state index in [1.54, 1.807) is 11.0 Å². The van der Waals surface area contributed by atoms with Gasteiger partial charge in [0, 0.05) is 31.2 Å². The number of nitrogens with zero attached hydrogens (tertiary/aromatic N) is 2. The molecule has 2 aromatic rings. The second kappa shape index (κ2) is 9.92. The lowest BCUT2D eigenvalue weighted by molar-refractivity contribution is -0.122. The van der Waals surface area contributed by atoms with E-state index < -0.39 is 6.10 Å². The first kappa shape index (κ1) is 22.5. The fourth-order valence-corrected chi connectivity index (χ4v) is 5.09. The topological polar surface area (TPSA) is 62.2 Å². The van der Waals surface area contributed by atoms with Crippen molar-refractivity contribution in [2.75, 3.05) is 37.7 Å². The molecule has 0 bridgehead atoms. The van der Waals surface area contributed by atoms with E-state index in [2.05, 4.69) is 17.0 Å². The van der Waals surface area contributed by atoms with Crippen molar-refractivity contribution < 1.29 is 19.4 Å². The molecule has 3 fully saturated rings. The number of likely N-dealkylation sites (tertiary alicyclic amines) is 1. The molecule has 0 radical (unpaired) electrons. The molecule has 1 amide bonds. The Kier molecular flexibility index (Phi) is 6.76. The highest BCUT2D eigenvalue weighted by Crippen LogP contribution is 2.40. The molecule has 0 unspecified atom stereocenters. The van der Waals surface area contributed by atoms with Gasteiger partial charge in [0.05, 0.1) is 11.6 Å². The monoisotopic (exact) mass is 470 g/mol. The highest BCUT2D eigenvalue weighted by Gasteiger charge is 2.35. The lowest BCUT2D eigenvalue weighted by Gasteiger charge is -2.23. The minimum absolute atomic E-state index is 0.0462. The largest absolute Gasteiger partial charge is 0.491 e. The van der Waals surface area contributed by atoms with Crippen LogP contribution >= 0.6 is 11.6 Å². The van der Waals surface area contributed by atoms with Gasteiger partial charge in [0.15, 0.2) is 6.10 Å². The minimum atomic E-state index is -0.480. The number of hydrogen-bond acceptors (Lipinski definition) is 5. The van der Waals surface area contributed by atoms with Crippen LogP contribution in [0, 0.1) is 0 Å². The molecule has 0 aromatic heterocycles. The number of amides is 1. The molecule has 2 aliphatic heterocycles. The van der Waals surface area contributed by atoms with Crippen LogP contribution in [0.5, 0.6) is 11.5 Å². The average molecular weight is 471 g/mol. The second-order valence-electron chi connectivity index (χ2n) is 9.21.